The summed E-state index contributed by atoms with van der Waals surface area (Å²) >= 11 is 0. The van der Waals surface area contributed by atoms with Gasteiger partial charge < -0.3 is 11.1 Å². The Bertz CT molecular complexity index is 693. The Balaban J connectivity index is 2.53. The van der Waals surface area contributed by atoms with Crippen LogP contribution in [0.1, 0.15) is 5.69 Å². The second kappa shape index (κ2) is 5.03. The van der Waals surface area contributed by atoms with Gasteiger partial charge in [-0.05, 0) is 19.1 Å². The van der Waals surface area contributed by atoms with Gasteiger partial charge in [-0.25, -0.2) is 13.8 Å². The Morgan fingerprint density at radius 2 is 2.05 bits per heavy atom. The Morgan fingerprint density at radius 1 is 1.35 bits per heavy atom. The van der Waals surface area contributed by atoms with Gasteiger partial charge in [-0.3, -0.25) is 10.1 Å². The number of aryl methyl sites for hydroxylation is 1. The highest BCUT2D eigenvalue weighted by atomic mass is 19.1. The van der Waals surface area contributed by atoms with E-state index in [0.29, 0.717) is 0 Å². The lowest BCUT2D eigenvalue weighted by Gasteiger charge is -2.09. The maximum Gasteiger partial charge on any atom is 0.332 e. The first-order valence-electron chi connectivity index (χ1n) is 5.39. The van der Waals surface area contributed by atoms with Gasteiger partial charge >= 0.3 is 5.69 Å². The van der Waals surface area contributed by atoms with Crippen molar-refractivity contribution < 1.29 is 13.7 Å². The second-order valence-corrected chi connectivity index (χ2v) is 3.87. The molecule has 2 rings (SSSR count). The summed E-state index contributed by atoms with van der Waals surface area (Å²) in [5.41, 5.74) is 4.67. The molecule has 0 fully saturated rings. The highest BCUT2D eigenvalue weighted by Gasteiger charge is 2.22. The van der Waals surface area contributed by atoms with Crippen molar-refractivity contribution in [2.24, 2.45) is 0 Å². The van der Waals surface area contributed by atoms with Gasteiger partial charge in [0.15, 0.2) is 0 Å². The number of hydrogen-bond donors (Lipinski definition) is 2. The standard InChI is InChI=1S/C11H9F2N5O2/c1-5-9(18(19)20)10(17-11(14)15-5)16-8-4-6(12)2-3-7(8)13/h2-4H,1H3,(H3,14,15,16,17). The van der Waals surface area contributed by atoms with Crippen LogP contribution < -0.4 is 11.1 Å². The van der Waals surface area contributed by atoms with Crippen molar-refractivity contribution in [2.45, 2.75) is 6.92 Å². The van der Waals surface area contributed by atoms with Crippen LogP contribution >= 0.6 is 0 Å². The number of nitrogen functional groups attached to an aromatic ring is 1. The van der Waals surface area contributed by atoms with E-state index in [-0.39, 0.29) is 23.1 Å². The molecule has 0 saturated carbocycles. The predicted octanol–water partition coefficient (Wildman–Crippen LogP) is 2.30. The average molecular weight is 281 g/mol. The first kappa shape index (κ1) is 13.6. The van der Waals surface area contributed by atoms with Crippen LogP contribution in [0.4, 0.5) is 31.9 Å². The van der Waals surface area contributed by atoms with Gasteiger partial charge in [-0.15, -0.1) is 0 Å². The molecule has 0 radical (unpaired) electrons. The van der Waals surface area contributed by atoms with Crippen molar-refractivity contribution in [1.29, 1.82) is 0 Å². The maximum atomic E-state index is 13.5. The van der Waals surface area contributed by atoms with Crippen molar-refractivity contribution in [3.05, 3.63) is 45.6 Å². The largest absolute Gasteiger partial charge is 0.368 e. The van der Waals surface area contributed by atoms with Gasteiger partial charge in [-0.2, -0.15) is 4.98 Å². The molecule has 1 aromatic carbocycles. The summed E-state index contributed by atoms with van der Waals surface area (Å²) in [6.45, 7) is 1.36. The molecule has 0 bridgehead atoms. The Morgan fingerprint density at radius 3 is 2.70 bits per heavy atom. The number of aromatic nitrogens is 2. The number of halogens is 2. The smallest absolute Gasteiger partial charge is 0.332 e. The summed E-state index contributed by atoms with van der Waals surface area (Å²) in [6.07, 6.45) is 0. The maximum absolute atomic E-state index is 13.5. The molecule has 0 atom stereocenters. The van der Waals surface area contributed by atoms with Gasteiger partial charge in [0.05, 0.1) is 10.6 Å². The minimum atomic E-state index is -0.782. The average Bonchev–Trinajstić information content (AvgIpc) is 2.32. The Kier molecular flexibility index (Phi) is 3.42. The summed E-state index contributed by atoms with van der Waals surface area (Å²) in [5, 5.41) is 13.3. The monoisotopic (exact) mass is 281 g/mol. The van der Waals surface area contributed by atoms with E-state index in [4.69, 9.17) is 5.73 Å². The number of anilines is 3. The minimum Gasteiger partial charge on any atom is -0.368 e. The molecule has 0 spiro atoms. The van der Waals surface area contributed by atoms with E-state index in [1.807, 2.05) is 0 Å². The van der Waals surface area contributed by atoms with Gasteiger partial charge in [0, 0.05) is 6.07 Å². The summed E-state index contributed by atoms with van der Waals surface area (Å²) in [7, 11) is 0. The lowest BCUT2D eigenvalue weighted by Crippen LogP contribution is -2.07. The molecule has 1 heterocycles. The van der Waals surface area contributed by atoms with Crippen molar-refractivity contribution in [3.8, 4) is 0 Å². The number of nitrogens with two attached hydrogens (primary N) is 1. The van der Waals surface area contributed by atoms with Gasteiger partial charge in [0.25, 0.3) is 0 Å². The zero-order valence-electron chi connectivity index (χ0n) is 10.2. The second-order valence-electron chi connectivity index (χ2n) is 3.87. The third-order valence-electron chi connectivity index (χ3n) is 2.44. The van der Waals surface area contributed by atoms with E-state index in [2.05, 4.69) is 15.3 Å². The number of benzene rings is 1. The lowest BCUT2D eigenvalue weighted by atomic mass is 10.2. The topological polar surface area (TPSA) is 107 Å². The fraction of sp³-hybridized carbons (Fsp3) is 0.0909. The van der Waals surface area contributed by atoms with Crippen LogP contribution in [-0.2, 0) is 0 Å². The quantitative estimate of drug-likeness (QED) is 0.660. The number of nitrogens with zero attached hydrogens (tertiary/aromatic N) is 3. The van der Waals surface area contributed by atoms with Gasteiger partial charge in [0.1, 0.15) is 17.3 Å². The third-order valence-corrected chi connectivity index (χ3v) is 2.44. The van der Waals surface area contributed by atoms with E-state index in [0.717, 1.165) is 18.2 Å². The van der Waals surface area contributed by atoms with Crippen LogP contribution in [0.5, 0.6) is 0 Å². The number of nitro groups is 1. The lowest BCUT2D eigenvalue weighted by molar-refractivity contribution is -0.385. The molecule has 0 aliphatic rings. The number of rotatable bonds is 3. The van der Waals surface area contributed by atoms with Crippen molar-refractivity contribution in [2.75, 3.05) is 11.1 Å². The summed E-state index contributed by atoms with van der Waals surface area (Å²) in [4.78, 5) is 17.5. The molecule has 20 heavy (non-hydrogen) atoms. The normalized spacial score (nSPS) is 10.3. The SMILES string of the molecule is Cc1nc(N)nc(Nc2cc(F)ccc2F)c1[N+](=O)[O-]. The van der Waals surface area contributed by atoms with Crippen LogP contribution in [0.3, 0.4) is 0 Å². The molecule has 9 heteroatoms. The van der Waals surface area contributed by atoms with Crippen LogP contribution in [0.2, 0.25) is 0 Å². The highest BCUT2D eigenvalue weighted by molar-refractivity contribution is 5.68. The molecule has 1 aromatic heterocycles. The zero-order valence-corrected chi connectivity index (χ0v) is 10.2. The van der Waals surface area contributed by atoms with Crippen molar-refractivity contribution in [3.63, 3.8) is 0 Å². The molecule has 3 N–H and O–H groups in total. The van der Waals surface area contributed by atoms with Crippen LogP contribution in [-0.4, -0.2) is 14.9 Å². The number of nitrogens with one attached hydrogen (secondary N) is 1. The molecular weight excluding hydrogens is 272 g/mol. The molecule has 0 saturated heterocycles. The minimum absolute atomic E-state index is 0.0156. The first-order chi connectivity index (χ1) is 9.38. The highest BCUT2D eigenvalue weighted by Crippen LogP contribution is 2.29. The summed E-state index contributed by atoms with van der Waals surface area (Å²) < 4.78 is 26.6. The molecule has 0 amide bonds. The molecule has 0 aliphatic carbocycles. The molecule has 2 aromatic rings. The molecule has 0 aliphatic heterocycles. The van der Waals surface area contributed by atoms with E-state index < -0.39 is 22.2 Å². The van der Waals surface area contributed by atoms with Crippen LogP contribution in [0, 0.1) is 28.7 Å². The van der Waals surface area contributed by atoms with E-state index in [1.165, 1.54) is 6.92 Å². The Hall–Kier alpha value is -2.84. The van der Waals surface area contributed by atoms with E-state index in [1.54, 1.807) is 0 Å². The molecule has 7 nitrogen and oxygen atoms in total. The molecule has 0 unspecified atom stereocenters. The van der Waals surface area contributed by atoms with Crippen LogP contribution in [0.15, 0.2) is 18.2 Å². The van der Waals surface area contributed by atoms with Gasteiger partial charge in [0.2, 0.25) is 11.8 Å². The fourth-order valence-electron chi connectivity index (χ4n) is 1.62. The van der Waals surface area contributed by atoms with Crippen LogP contribution in [0.25, 0.3) is 0 Å². The molecule has 104 valence electrons. The molecular formula is C11H9F2N5O2. The summed E-state index contributed by atoms with van der Waals surface area (Å²) in [6, 6.07) is 2.67. The first-order valence-corrected chi connectivity index (χ1v) is 5.39. The zero-order chi connectivity index (χ0) is 14.9. The summed E-state index contributed by atoms with van der Waals surface area (Å²) in [5.74, 6) is -2.00. The van der Waals surface area contributed by atoms with Crippen molar-refractivity contribution >= 4 is 23.1 Å². The predicted molar refractivity (Wildman–Crippen MR) is 67.5 cm³/mol. The third kappa shape index (κ3) is 2.60. The van der Waals surface area contributed by atoms with E-state index >= 15 is 0 Å². The number of hydrogen-bond acceptors (Lipinski definition) is 6. The fourth-order valence-corrected chi connectivity index (χ4v) is 1.62. The Labute approximate surface area is 111 Å². The van der Waals surface area contributed by atoms with Crippen molar-refractivity contribution in [1.82, 2.24) is 9.97 Å². The van der Waals surface area contributed by atoms with E-state index in [9.17, 15) is 18.9 Å². The van der Waals surface area contributed by atoms with Gasteiger partial charge in [-0.1, -0.05) is 0 Å².